The lowest BCUT2D eigenvalue weighted by Gasteiger charge is -2.09. The predicted molar refractivity (Wildman–Crippen MR) is 88.3 cm³/mol. The standard InChI is InChI=1S/C13H15IN2O3S/c14-11-7-10(9-15)8-12(16(17)18)13(11)19-5-3-1-2-4-6-20/h7-8,20H,1-6H2. The van der Waals surface area contributed by atoms with Crippen LogP contribution in [-0.4, -0.2) is 17.3 Å². The lowest BCUT2D eigenvalue weighted by Crippen LogP contribution is -2.03. The highest BCUT2D eigenvalue weighted by atomic mass is 127. The molecule has 0 fully saturated rings. The summed E-state index contributed by atoms with van der Waals surface area (Å²) in [5.74, 6) is 1.13. The van der Waals surface area contributed by atoms with Crippen molar-refractivity contribution in [1.29, 1.82) is 5.26 Å². The van der Waals surface area contributed by atoms with E-state index < -0.39 is 4.92 Å². The van der Waals surface area contributed by atoms with Crippen LogP contribution in [0.3, 0.4) is 0 Å². The first-order chi connectivity index (χ1) is 9.60. The Morgan fingerprint density at radius 1 is 1.35 bits per heavy atom. The Morgan fingerprint density at radius 2 is 2.05 bits per heavy atom. The molecule has 1 rings (SSSR count). The van der Waals surface area contributed by atoms with Crippen molar-refractivity contribution in [3.8, 4) is 11.8 Å². The van der Waals surface area contributed by atoms with Crippen LogP contribution in [0.4, 0.5) is 5.69 Å². The van der Waals surface area contributed by atoms with Gasteiger partial charge in [-0.25, -0.2) is 0 Å². The maximum Gasteiger partial charge on any atom is 0.313 e. The molecule has 0 radical (unpaired) electrons. The molecule has 0 aromatic heterocycles. The van der Waals surface area contributed by atoms with E-state index in [0.29, 0.717) is 10.2 Å². The average Bonchev–Trinajstić information content (AvgIpc) is 2.43. The third-order valence-electron chi connectivity index (χ3n) is 2.65. The predicted octanol–water partition coefficient (Wildman–Crippen LogP) is 3.94. The number of unbranched alkanes of at least 4 members (excludes halogenated alkanes) is 3. The van der Waals surface area contributed by atoms with E-state index >= 15 is 0 Å². The fourth-order valence-corrected chi connectivity index (χ4v) is 2.65. The monoisotopic (exact) mass is 406 g/mol. The van der Waals surface area contributed by atoms with Gasteiger partial charge in [-0.2, -0.15) is 17.9 Å². The minimum Gasteiger partial charge on any atom is -0.486 e. The Labute approximate surface area is 137 Å². The van der Waals surface area contributed by atoms with Crippen molar-refractivity contribution in [2.24, 2.45) is 0 Å². The van der Waals surface area contributed by atoms with Gasteiger partial charge in [0, 0.05) is 6.07 Å². The largest absolute Gasteiger partial charge is 0.486 e. The van der Waals surface area contributed by atoms with Crippen LogP contribution in [0.1, 0.15) is 31.2 Å². The van der Waals surface area contributed by atoms with Gasteiger partial charge in [-0.3, -0.25) is 10.1 Å². The minimum absolute atomic E-state index is 0.149. The maximum atomic E-state index is 11.0. The number of nitro groups is 1. The van der Waals surface area contributed by atoms with Crippen LogP contribution in [0.5, 0.6) is 5.75 Å². The van der Waals surface area contributed by atoms with Gasteiger partial charge < -0.3 is 4.74 Å². The molecule has 0 aliphatic rings. The molecule has 0 aliphatic heterocycles. The second kappa shape index (κ2) is 9.02. The van der Waals surface area contributed by atoms with Crippen molar-refractivity contribution in [3.63, 3.8) is 0 Å². The van der Waals surface area contributed by atoms with Gasteiger partial charge in [-0.05, 0) is 47.3 Å². The van der Waals surface area contributed by atoms with Gasteiger partial charge >= 0.3 is 5.69 Å². The third kappa shape index (κ3) is 5.17. The van der Waals surface area contributed by atoms with Gasteiger partial charge in [0.15, 0.2) is 0 Å². The van der Waals surface area contributed by atoms with Gasteiger partial charge in [0.25, 0.3) is 0 Å². The van der Waals surface area contributed by atoms with Gasteiger partial charge in [0.1, 0.15) is 0 Å². The smallest absolute Gasteiger partial charge is 0.313 e. The van der Waals surface area contributed by atoms with Crippen LogP contribution in [0.15, 0.2) is 12.1 Å². The van der Waals surface area contributed by atoms with Crippen molar-refractivity contribution >= 4 is 40.9 Å². The van der Waals surface area contributed by atoms with E-state index in [1.165, 1.54) is 6.07 Å². The summed E-state index contributed by atoms with van der Waals surface area (Å²) >= 11 is 6.09. The van der Waals surface area contributed by atoms with E-state index in [1.54, 1.807) is 6.07 Å². The van der Waals surface area contributed by atoms with Crippen LogP contribution >= 0.6 is 35.2 Å². The molecule has 0 atom stereocenters. The quantitative estimate of drug-likeness (QED) is 0.233. The van der Waals surface area contributed by atoms with E-state index in [9.17, 15) is 10.1 Å². The Bertz CT molecular complexity index is 517. The molecule has 20 heavy (non-hydrogen) atoms. The highest BCUT2D eigenvalue weighted by Crippen LogP contribution is 2.33. The second-order valence-corrected chi connectivity index (χ2v) is 5.77. The zero-order valence-electron chi connectivity index (χ0n) is 10.8. The topological polar surface area (TPSA) is 76.2 Å². The van der Waals surface area contributed by atoms with E-state index in [2.05, 4.69) is 12.6 Å². The van der Waals surface area contributed by atoms with Gasteiger partial charge in [0.2, 0.25) is 5.75 Å². The molecule has 7 heteroatoms. The van der Waals surface area contributed by atoms with Crippen LogP contribution in [0.2, 0.25) is 0 Å². The maximum absolute atomic E-state index is 11.0. The summed E-state index contributed by atoms with van der Waals surface area (Å²) in [6.07, 6.45) is 4.01. The molecule has 0 aliphatic carbocycles. The number of nitrogens with zero attached hydrogens (tertiary/aromatic N) is 2. The zero-order chi connectivity index (χ0) is 15.0. The van der Waals surface area contributed by atoms with Crippen molar-refractivity contribution in [2.45, 2.75) is 25.7 Å². The zero-order valence-corrected chi connectivity index (χ0v) is 13.9. The molecule has 0 heterocycles. The summed E-state index contributed by atoms with van der Waals surface area (Å²) in [4.78, 5) is 10.5. The normalized spacial score (nSPS) is 10.1. The Hall–Kier alpha value is -1.01. The first-order valence-electron chi connectivity index (χ1n) is 6.22. The van der Waals surface area contributed by atoms with E-state index in [-0.39, 0.29) is 17.0 Å². The summed E-state index contributed by atoms with van der Waals surface area (Å²) in [5, 5.41) is 19.9. The molecule has 5 nitrogen and oxygen atoms in total. The number of ether oxygens (including phenoxy) is 1. The summed E-state index contributed by atoms with van der Waals surface area (Å²) in [6, 6.07) is 4.74. The van der Waals surface area contributed by atoms with Crippen molar-refractivity contribution in [3.05, 3.63) is 31.4 Å². The van der Waals surface area contributed by atoms with E-state index in [0.717, 1.165) is 31.4 Å². The molecule has 108 valence electrons. The van der Waals surface area contributed by atoms with E-state index in [4.69, 9.17) is 10.00 Å². The first-order valence-corrected chi connectivity index (χ1v) is 7.93. The SMILES string of the molecule is N#Cc1cc(I)c(OCCCCCCS)c([N+](=O)[O-])c1. The van der Waals surface area contributed by atoms with E-state index in [1.807, 2.05) is 28.7 Å². The summed E-state index contributed by atoms with van der Waals surface area (Å²) < 4.78 is 6.12. The third-order valence-corrected chi connectivity index (χ3v) is 3.77. The molecule has 0 amide bonds. The Balaban J connectivity index is 2.69. The molecular formula is C13H15IN2O3S. The average molecular weight is 406 g/mol. The molecule has 1 aromatic rings. The van der Waals surface area contributed by atoms with Crippen molar-refractivity contribution < 1.29 is 9.66 Å². The van der Waals surface area contributed by atoms with Gasteiger partial charge in [-0.1, -0.05) is 12.8 Å². The number of hydrogen-bond acceptors (Lipinski definition) is 5. The molecule has 0 saturated carbocycles. The summed E-state index contributed by atoms with van der Waals surface area (Å²) in [6.45, 7) is 0.440. The van der Waals surface area contributed by atoms with Crippen molar-refractivity contribution in [2.75, 3.05) is 12.4 Å². The molecular weight excluding hydrogens is 391 g/mol. The first kappa shape index (κ1) is 17.0. The molecule has 0 spiro atoms. The fourth-order valence-electron chi connectivity index (χ4n) is 1.66. The number of nitriles is 1. The van der Waals surface area contributed by atoms with Gasteiger partial charge in [-0.15, -0.1) is 0 Å². The highest BCUT2D eigenvalue weighted by molar-refractivity contribution is 14.1. The summed E-state index contributed by atoms with van der Waals surface area (Å²) in [7, 11) is 0. The van der Waals surface area contributed by atoms with Crippen LogP contribution in [-0.2, 0) is 0 Å². The Kier molecular flexibility index (Phi) is 7.69. The fraction of sp³-hybridized carbons (Fsp3) is 0.462. The highest BCUT2D eigenvalue weighted by Gasteiger charge is 2.20. The van der Waals surface area contributed by atoms with Crippen molar-refractivity contribution in [1.82, 2.24) is 0 Å². The lowest BCUT2D eigenvalue weighted by molar-refractivity contribution is -0.386. The van der Waals surface area contributed by atoms with Crippen LogP contribution in [0, 0.1) is 25.0 Å². The number of rotatable bonds is 8. The number of benzene rings is 1. The van der Waals surface area contributed by atoms with Crippen LogP contribution in [0.25, 0.3) is 0 Å². The number of halogens is 1. The molecule has 0 unspecified atom stereocenters. The molecule has 0 saturated heterocycles. The summed E-state index contributed by atoms with van der Waals surface area (Å²) in [5.41, 5.74) is 0.117. The number of thiol groups is 1. The second-order valence-electron chi connectivity index (χ2n) is 4.16. The number of nitro benzene ring substituents is 1. The lowest BCUT2D eigenvalue weighted by atomic mass is 10.2. The molecule has 0 N–H and O–H groups in total. The van der Waals surface area contributed by atoms with Crippen LogP contribution < -0.4 is 4.74 Å². The Morgan fingerprint density at radius 3 is 2.65 bits per heavy atom. The minimum atomic E-state index is -0.515. The number of hydrogen-bond donors (Lipinski definition) is 1. The van der Waals surface area contributed by atoms with Gasteiger partial charge in [0.05, 0.1) is 26.7 Å². The molecule has 1 aromatic carbocycles. The molecule has 0 bridgehead atoms.